The highest BCUT2D eigenvalue weighted by atomic mass is 16.2. The lowest BCUT2D eigenvalue weighted by molar-refractivity contribution is 0.0802. The Labute approximate surface area is 135 Å². The minimum atomic E-state index is -0.162. The quantitative estimate of drug-likeness (QED) is 0.890. The predicted octanol–water partition coefficient (Wildman–Crippen LogP) is 3.24. The standard InChI is InChI=1S/C18H21N3O2/c1-3-21(2)18(23)13-5-4-6-14(11-13)20-17(22)16-15(9-10-19-16)12-7-8-12/h4-6,9-12,19H,3,7-8H2,1-2H3,(H,20,22). The first-order valence-corrected chi connectivity index (χ1v) is 7.94. The van der Waals surface area contributed by atoms with E-state index in [4.69, 9.17) is 0 Å². The van der Waals surface area contributed by atoms with Crippen molar-refractivity contribution in [1.29, 1.82) is 0 Å². The molecule has 0 bridgehead atoms. The third-order valence-electron chi connectivity index (χ3n) is 4.21. The van der Waals surface area contributed by atoms with Crippen LogP contribution in [0, 0.1) is 0 Å². The van der Waals surface area contributed by atoms with Crippen molar-refractivity contribution >= 4 is 17.5 Å². The van der Waals surface area contributed by atoms with E-state index in [1.165, 1.54) is 0 Å². The molecule has 2 aromatic rings. The van der Waals surface area contributed by atoms with E-state index in [-0.39, 0.29) is 11.8 Å². The molecule has 1 fully saturated rings. The van der Waals surface area contributed by atoms with E-state index in [2.05, 4.69) is 10.3 Å². The monoisotopic (exact) mass is 311 g/mol. The first-order valence-electron chi connectivity index (χ1n) is 7.94. The predicted molar refractivity (Wildman–Crippen MR) is 89.8 cm³/mol. The maximum Gasteiger partial charge on any atom is 0.272 e. The molecule has 1 aliphatic carbocycles. The first-order chi connectivity index (χ1) is 11.1. The van der Waals surface area contributed by atoms with Crippen molar-refractivity contribution < 1.29 is 9.59 Å². The zero-order chi connectivity index (χ0) is 16.4. The van der Waals surface area contributed by atoms with Crippen LogP contribution in [0.4, 0.5) is 5.69 Å². The van der Waals surface area contributed by atoms with Crippen molar-refractivity contribution in [1.82, 2.24) is 9.88 Å². The number of carbonyl (C=O) groups excluding carboxylic acids is 2. The van der Waals surface area contributed by atoms with E-state index in [9.17, 15) is 9.59 Å². The fourth-order valence-electron chi connectivity index (χ4n) is 2.60. The molecule has 2 N–H and O–H groups in total. The topological polar surface area (TPSA) is 65.2 Å². The summed E-state index contributed by atoms with van der Waals surface area (Å²) in [5, 5.41) is 2.88. The number of anilines is 1. The number of hydrogen-bond acceptors (Lipinski definition) is 2. The van der Waals surface area contributed by atoms with Gasteiger partial charge in [0.05, 0.1) is 0 Å². The second-order valence-electron chi connectivity index (χ2n) is 5.94. The molecule has 2 amide bonds. The van der Waals surface area contributed by atoms with Gasteiger partial charge in [-0.2, -0.15) is 0 Å². The van der Waals surface area contributed by atoms with Crippen LogP contribution in [-0.4, -0.2) is 35.3 Å². The highest BCUT2D eigenvalue weighted by Gasteiger charge is 2.28. The summed E-state index contributed by atoms with van der Waals surface area (Å²) >= 11 is 0. The van der Waals surface area contributed by atoms with Gasteiger partial charge in [0.15, 0.2) is 0 Å². The fraction of sp³-hybridized carbons (Fsp3) is 0.333. The molecular weight excluding hydrogens is 290 g/mol. The summed E-state index contributed by atoms with van der Waals surface area (Å²) in [5.41, 5.74) is 2.90. The van der Waals surface area contributed by atoms with Crippen LogP contribution in [0.15, 0.2) is 36.5 Å². The van der Waals surface area contributed by atoms with E-state index in [1.807, 2.05) is 13.0 Å². The summed E-state index contributed by atoms with van der Waals surface area (Å²) in [4.78, 5) is 29.3. The van der Waals surface area contributed by atoms with Crippen LogP contribution < -0.4 is 5.32 Å². The van der Waals surface area contributed by atoms with Crippen molar-refractivity contribution in [3.63, 3.8) is 0 Å². The number of aromatic amines is 1. The van der Waals surface area contributed by atoms with Gasteiger partial charge >= 0.3 is 0 Å². The molecule has 0 saturated heterocycles. The Morgan fingerprint density at radius 1 is 1.30 bits per heavy atom. The number of aromatic nitrogens is 1. The largest absolute Gasteiger partial charge is 0.357 e. The van der Waals surface area contributed by atoms with Gasteiger partial charge in [0.25, 0.3) is 11.8 Å². The Kier molecular flexibility index (Phi) is 4.19. The number of amides is 2. The van der Waals surface area contributed by atoms with Crippen molar-refractivity contribution in [2.45, 2.75) is 25.7 Å². The third kappa shape index (κ3) is 3.28. The average molecular weight is 311 g/mol. The molecule has 0 unspecified atom stereocenters. The second kappa shape index (κ2) is 6.28. The molecule has 0 spiro atoms. The lowest BCUT2D eigenvalue weighted by Gasteiger charge is -2.15. The van der Waals surface area contributed by atoms with Crippen LogP contribution in [0.25, 0.3) is 0 Å². The average Bonchev–Trinajstić information content (AvgIpc) is 3.30. The molecule has 1 aromatic carbocycles. The number of benzene rings is 1. The molecule has 0 aliphatic heterocycles. The Balaban J connectivity index is 1.76. The Bertz CT molecular complexity index is 731. The molecule has 120 valence electrons. The van der Waals surface area contributed by atoms with Crippen LogP contribution >= 0.6 is 0 Å². The Morgan fingerprint density at radius 2 is 2.09 bits per heavy atom. The summed E-state index contributed by atoms with van der Waals surface area (Å²) in [5.74, 6) is 0.292. The molecule has 1 heterocycles. The number of rotatable bonds is 5. The molecule has 5 nitrogen and oxygen atoms in total. The van der Waals surface area contributed by atoms with Gasteiger partial charge in [-0.15, -0.1) is 0 Å². The first kappa shape index (κ1) is 15.3. The van der Waals surface area contributed by atoms with Gasteiger partial charge in [0.1, 0.15) is 5.69 Å². The lowest BCUT2D eigenvalue weighted by atomic mass is 10.1. The van der Waals surface area contributed by atoms with Crippen LogP contribution in [0.3, 0.4) is 0 Å². The molecule has 1 saturated carbocycles. The zero-order valence-corrected chi connectivity index (χ0v) is 13.4. The van der Waals surface area contributed by atoms with Crippen molar-refractivity contribution in [2.75, 3.05) is 18.9 Å². The van der Waals surface area contributed by atoms with Crippen LogP contribution in [-0.2, 0) is 0 Å². The van der Waals surface area contributed by atoms with Gasteiger partial charge in [-0.05, 0) is 55.5 Å². The summed E-state index contributed by atoms with van der Waals surface area (Å²) in [6.45, 7) is 2.57. The number of nitrogens with zero attached hydrogens (tertiary/aromatic N) is 1. The van der Waals surface area contributed by atoms with Crippen LogP contribution in [0.1, 0.15) is 52.1 Å². The van der Waals surface area contributed by atoms with Gasteiger partial charge in [0, 0.05) is 31.0 Å². The second-order valence-corrected chi connectivity index (χ2v) is 5.94. The van der Waals surface area contributed by atoms with Gasteiger partial charge in [-0.3, -0.25) is 9.59 Å². The zero-order valence-electron chi connectivity index (χ0n) is 13.4. The summed E-state index contributed by atoms with van der Waals surface area (Å²) in [6.07, 6.45) is 4.09. The minimum absolute atomic E-state index is 0.0536. The minimum Gasteiger partial charge on any atom is -0.357 e. The number of carbonyl (C=O) groups is 2. The SMILES string of the molecule is CCN(C)C(=O)c1cccc(NC(=O)c2[nH]ccc2C2CC2)c1. The molecule has 1 aliphatic rings. The molecule has 1 aromatic heterocycles. The van der Waals surface area contributed by atoms with E-state index in [1.54, 1.807) is 42.4 Å². The van der Waals surface area contributed by atoms with E-state index in [0.717, 1.165) is 18.4 Å². The van der Waals surface area contributed by atoms with Gasteiger partial charge in [0.2, 0.25) is 0 Å². The third-order valence-corrected chi connectivity index (χ3v) is 4.21. The highest BCUT2D eigenvalue weighted by Crippen LogP contribution is 2.41. The highest BCUT2D eigenvalue weighted by molar-refractivity contribution is 6.05. The van der Waals surface area contributed by atoms with Crippen LogP contribution in [0.5, 0.6) is 0 Å². The van der Waals surface area contributed by atoms with Crippen molar-refractivity contribution in [2.24, 2.45) is 0 Å². The maximum absolute atomic E-state index is 12.5. The molecular formula is C18H21N3O2. The Morgan fingerprint density at radius 3 is 2.78 bits per heavy atom. The van der Waals surface area contributed by atoms with Gasteiger partial charge in [-0.25, -0.2) is 0 Å². The van der Waals surface area contributed by atoms with E-state index >= 15 is 0 Å². The fourth-order valence-corrected chi connectivity index (χ4v) is 2.60. The van der Waals surface area contributed by atoms with Gasteiger partial charge < -0.3 is 15.2 Å². The molecule has 5 heteroatoms. The van der Waals surface area contributed by atoms with E-state index in [0.29, 0.717) is 29.4 Å². The summed E-state index contributed by atoms with van der Waals surface area (Å²) in [6, 6.07) is 9.02. The van der Waals surface area contributed by atoms with Gasteiger partial charge in [-0.1, -0.05) is 6.07 Å². The Hall–Kier alpha value is -2.56. The maximum atomic E-state index is 12.5. The summed E-state index contributed by atoms with van der Waals surface area (Å²) < 4.78 is 0. The smallest absolute Gasteiger partial charge is 0.272 e. The normalized spacial score (nSPS) is 13.7. The number of hydrogen-bond donors (Lipinski definition) is 2. The van der Waals surface area contributed by atoms with Crippen molar-refractivity contribution in [3.05, 3.63) is 53.3 Å². The number of nitrogens with one attached hydrogen (secondary N) is 2. The molecule has 3 rings (SSSR count). The molecule has 0 atom stereocenters. The summed E-state index contributed by atoms with van der Waals surface area (Å²) in [7, 11) is 1.76. The van der Waals surface area contributed by atoms with E-state index < -0.39 is 0 Å². The molecule has 23 heavy (non-hydrogen) atoms. The lowest BCUT2D eigenvalue weighted by Crippen LogP contribution is -2.26. The molecule has 0 radical (unpaired) electrons. The van der Waals surface area contributed by atoms with Crippen molar-refractivity contribution in [3.8, 4) is 0 Å². The van der Waals surface area contributed by atoms with Crippen LogP contribution in [0.2, 0.25) is 0 Å². The number of H-pyrrole nitrogens is 1.